The van der Waals surface area contributed by atoms with Crippen LogP contribution in [-0.4, -0.2) is 72.2 Å². The van der Waals surface area contributed by atoms with E-state index < -0.39 is 0 Å². The summed E-state index contributed by atoms with van der Waals surface area (Å²) < 4.78 is 5.17. The van der Waals surface area contributed by atoms with Crippen LogP contribution in [0.25, 0.3) is 11.4 Å². The highest BCUT2D eigenvalue weighted by molar-refractivity contribution is 5.87. The van der Waals surface area contributed by atoms with E-state index in [4.69, 9.17) is 4.52 Å². The summed E-state index contributed by atoms with van der Waals surface area (Å²) in [6.45, 7) is 11.3. The van der Waals surface area contributed by atoms with Crippen LogP contribution in [0.5, 0.6) is 0 Å². The van der Waals surface area contributed by atoms with Gasteiger partial charge in [0, 0.05) is 50.4 Å². The van der Waals surface area contributed by atoms with Crippen molar-refractivity contribution >= 4 is 17.5 Å². The van der Waals surface area contributed by atoms with E-state index in [9.17, 15) is 9.59 Å². The van der Waals surface area contributed by atoms with E-state index in [0.717, 1.165) is 29.7 Å². The van der Waals surface area contributed by atoms with Crippen molar-refractivity contribution in [3.8, 4) is 11.4 Å². The fraction of sp³-hybridized carbons (Fsp3) is 0.467. The number of likely N-dealkylation sites (N-methyl/N-ethyl adjacent to an activating group) is 1. The van der Waals surface area contributed by atoms with Crippen LogP contribution in [0.4, 0.5) is 5.69 Å². The van der Waals surface area contributed by atoms with Crippen molar-refractivity contribution in [3.63, 3.8) is 0 Å². The first-order valence-corrected chi connectivity index (χ1v) is 13.6. The van der Waals surface area contributed by atoms with Gasteiger partial charge < -0.3 is 25.0 Å². The topological polar surface area (TPSA) is 104 Å². The number of nitrogens with zero attached hydrogens (tertiary/aromatic N) is 4. The Morgan fingerprint density at radius 3 is 2.51 bits per heavy atom. The number of hydrogen-bond acceptors (Lipinski definition) is 7. The minimum absolute atomic E-state index is 0.0287. The van der Waals surface area contributed by atoms with Gasteiger partial charge in [0.25, 0.3) is 0 Å². The van der Waals surface area contributed by atoms with E-state index in [0.29, 0.717) is 30.8 Å². The normalized spacial score (nSPS) is 14.4. The summed E-state index contributed by atoms with van der Waals surface area (Å²) in [6, 6.07) is 12.8. The van der Waals surface area contributed by atoms with Gasteiger partial charge in [-0.2, -0.15) is 4.98 Å². The van der Waals surface area contributed by atoms with Gasteiger partial charge in [-0.3, -0.25) is 9.59 Å². The minimum atomic E-state index is -0.139. The fourth-order valence-electron chi connectivity index (χ4n) is 5.00. The Kier molecular flexibility index (Phi) is 9.01. The molecular formula is C30H40N6O3. The van der Waals surface area contributed by atoms with Gasteiger partial charge in [0.1, 0.15) is 0 Å². The Bertz CT molecular complexity index is 1320. The fourth-order valence-corrected chi connectivity index (χ4v) is 5.00. The van der Waals surface area contributed by atoms with Gasteiger partial charge in [0.2, 0.25) is 23.5 Å². The Morgan fingerprint density at radius 1 is 1.03 bits per heavy atom. The molecule has 2 amide bonds. The van der Waals surface area contributed by atoms with Crippen molar-refractivity contribution in [3.05, 3.63) is 64.5 Å². The van der Waals surface area contributed by atoms with Gasteiger partial charge >= 0.3 is 0 Å². The smallest absolute Gasteiger partial charge is 0.242 e. The SMILES string of the molecule is Cc1ccc2c(c1)CC(N(C)C(=O)CN(CC(=O)NCCNC(C)C)c1cc(-c3noc(C)n3)ccc1C)C2. The van der Waals surface area contributed by atoms with Crippen LogP contribution in [-0.2, 0) is 22.4 Å². The quantitative estimate of drug-likeness (QED) is 0.366. The number of rotatable bonds is 11. The number of fused-ring (bicyclic) bond motifs is 1. The third kappa shape index (κ3) is 7.23. The Morgan fingerprint density at radius 2 is 1.79 bits per heavy atom. The second-order valence-corrected chi connectivity index (χ2v) is 10.8. The maximum Gasteiger partial charge on any atom is 0.242 e. The van der Waals surface area contributed by atoms with Gasteiger partial charge in [-0.25, -0.2) is 0 Å². The molecule has 0 saturated heterocycles. The monoisotopic (exact) mass is 532 g/mol. The van der Waals surface area contributed by atoms with Gasteiger partial charge in [-0.15, -0.1) is 0 Å². The molecule has 0 radical (unpaired) electrons. The second kappa shape index (κ2) is 12.4. The molecule has 39 heavy (non-hydrogen) atoms. The van der Waals surface area contributed by atoms with Crippen LogP contribution in [0.15, 0.2) is 40.9 Å². The zero-order chi connectivity index (χ0) is 28.1. The average Bonchev–Trinajstić information content (AvgIpc) is 3.51. The Hall–Kier alpha value is -3.72. The average molecular weight is 533 g/mol. The van der Waals surface area contributed by atoms with Crippen molar-refractivity contribution in [1.82, 2.24) is 25.7 Å². The number of carbonyl (C=O) groups excluding carboxylic acids is 2. The predicted octanol–water partition coefficient (Wildman–Crippen LogP) is 3.21. The zero-order valence-electron chi connectivity index (χ0n) is 23.9. The predicted molar refractivity (Wildman–Crippen MR) is 153 cm³/mol. The van der Waals surface area contributed by atoms with Crippen molar-refractivity contribution < 1.29 is 14.1 Å². The van der Waals surface area contributed by atoms with Crippen molar-refractivity contribution in [2.24, 2.45) is 0 Å². The van der Waals surface area contributed by atoms with Crippen molar-refractivity contribution in [2.45, 2.75) is 59.5 Å². The van der Waals surface area contributed by atoms with Crippen LogP contribution < -0.4 is 15.5 Å². The van der Waals surface area contributed by atoms with Gasteiger partial charge in [-0.1, -0.05) is 54.9 Å². The molecule has 0 saturated carbocycles. The molecule has 4 rings (SSSR count). The van der Waals surface area contributed by atoms with E-state index in [-0.39, 0.29) is 30.9 Å². The number of amides is 2. The summed E-state index contributed by atoms with van der Waals surface area (Å²) in [4.78, 5) is 34.6. The molecule has 9 heteroatoms. The first kappa shape index (κ1) is 28.3. The summed E-state index contributed by atoms with van der Waals surface area (Å²) in [5, 5.41) is 10.3. The molecule has 1 aromatic heterocycles. The molecule has 1 atom stereocenters. The minimum Gasteiger partial charge on any atom is -0.353 e. The van der Waals surface area contributed by atoms with E-state index in [1.165, 1.54) is 16.7 Å². The van der Waals surface area contributed by atoms with Crippen molar-refractivity contribution in [2.75, 3.05) is 38.1 Å². The Balaban J connectivity index is 1.52. The lowest BCUT2D eigenvalue weighted by atomic mass is 10.1. The number of carbonyl (C=O) groups is 2. The molecule has 208 valence electrons. The molecule has 1 aliphatic carbocycles. The summed E-state index contributed by atoms with van der Waals surface area (Å²) in [7, 11) is 1.87. The Labute approximate surface area is 231 Å². The van der Waals surface area contributed by atoms with E-state index >= 15 is 0 Å². The zero-order valence-corrected chi connectivity index (χ0v) is 23.9. The lowest BCUT2D eigenvalue weighted by Gasteiger charge is -2.30. The molecule has 1 unspecified atom stereocenters. The molecule has 0 aliphatic heterocycles. The number of aromatic nitrogens is 2. The van der Waals surface area contributed by atoms with Crippen molar-refractivity contribution in [1.29, 1.82) is 0 Å². The largest absolute Gasteiger partial charge is 0.353 e. The highest BCUT2D eigenvalue weighted by Gasteiger charge is 2.29. The molecule has 1 aliphatic rings. The summed E-state index contributed by atoms with van der Waals surface area (Å²) in [5.74, 6) is 0.780. The molecule has 0 fully saturated rings. The summed E-state index contributed by atoms with van der Waals surface area (Å²) in [6.07, 6.45) is 1.68. The number of aryl methyl sites for hydroxylation is 3. The van der Waals surface area contributed by atoms with Gasteiger partial charge in [-0.05, 0) is 49.4 Å². The number of nitrogens with one attached hydrogen (secondary N) is 2. The molecule has 1 heterocycles. The highest BCUT2D eigenvalue weighted by Crippen LogP contribution is 2.28. The van der Waals surface area contributed by atoms with Gasteiger partial charge in [0.05, 0.1) is 13.1 Å². The first-order chi connectivity index (χ1) is 18.6. The third-order valence-electron chi connectivity index (χ3n) is 7.21. The van der Waals surface area contributed by atoms with Crippen LogP contribution in [0.1, 0.15) is 42.0 Å². The van der Waals surface area contributed by atoms with E-state index in [1.807, 2.05) is 42.0 Å². The standard InChI is InChI=1S/C30H40N6O3/c1-19(2)31-11-12-32-28(37)17-36(27-16-24(10-8-21(27)4)30-33-22(5)39-34-30)18-29(38)35(6)26-14-23-9-7-20(3)13-25(23)15-26/h7-10,13,16,19,26,31H,11-12,14-15,17-18H2,1-6H3,(H,32,37). The molecule has 2 aromatic carbocycles. The third-order valence-corrected chi connectivity index (χ3v) is 7.21. The maximum absolute atomic E-state index is 13.6. The highest BCUT2D eigenvalue weighted by atomic mass is 16.5. The molecule has 0 bridgehead atoms. The lowest BCUT2D eigenvalue weighted by molar-refractivity contribution is -0.130. The van der Waals surface area contributed by atoms with Gasteiger partial charge in [0.15, 0.2) is 0 Å². The summed E-state index contributed by atoms with van der Waals surface area (Å²) in [5.41, 5.74) is 6.35. The first-order valence-electron chi connectivity index (χ1n) is 13.6. The van der Waals surface area contributed by atoms with Crippen LogP contribution in [0.2, 0.25) is 0 Å². The molecule has 0 spiro atoms. The van der Waals surface area contributed by atoms with E-state index in [1.54, 1.807) is 6.92 Å². The molecule has 3 aromatic rings. The number of anilines is 1. The molecular weight excluding hydrogens is 492 g/mol. The molecule has 2 N–H and O–H groups in total. The number of benzene rings is 2. The number of hydrogen-bond donors (Lipinski definition) is 2. The second-order valence-electron chi connectivity index (χ2n) is 10.8. The molecule has 9 nitrogen and oxygen atoms in total. The lowest BCUT2D eigenvalue weighted by Crippen LogP contribution is -2.47. The van der Waals surface area contributed by atoms with Crippen LogP contribution >= 0.6 is 0 Å². The summed E-state index contributed by atoms with van der Waals surface area (Å²) >= 11 is 0. The van der Waals surface area contributed by atoms with Crippen LogP contribution in [0, 0.1) is 20.8 Å². The maximum atomic E-state index is 13.6. The van der Waals surface area contributed by atoms with Crippen LogP contribution in [0.3, 0.4) is 0 Å². The van der Waals surface area contributed by atoms with E-state index in [2.05, 4.69) is 59.7 Å².